The van der Waals surface area contributed by atoms with Crippen molar-refractivity contribution in [2.45, 2.75) is 12.3 Å². The van der Waals surface area contributed by atoms with Crippen LogP contribution in [0.15, 0.2) is 103 Å². The smallest absolute Gasteiger partial charge is 0.335 e. The highest BCUT2D eigenvalue weighted by Crippen LogP contribution is 2.51. The van der Waals surface area contributed by atoms with Gasteiger partial charge in [0, 0.05) is 0 Å². The normalized spacial score (nSPS) is 12.7. The summed E-state index contributed by atoms with van der Waals surface area (Å²) in [6.45, 7) is 1.48. The molecule has 4 aromatic rings. The molecule has 4 nitrogen and oxygen atoms in total. The second-order valence-electron chi connectivity index (χ2n) is 7.65. The number of carboxylic acid groups (broad SMARTS) is 2. The van der Waals surface area contributed by atoms with Gasteiger partial charge in [-0.15, -0.1) is 0 Å². The largest absolute Gasteiger partial charge is 0.478 e. The first kappa shape index (κ1) is 21.1. The zero-order valence-electron chi connectivity index (χ0n) is 17.5. The molecule has 4 heteroatoms. The van der Waals surface area contributed by atoms with Crippen molar-refractivity contribution in [3.05, 3.63) is 142 Å². The molecule has 2 aliphatic carbocycles. The summed E-state index contributed by atoms with van der Waals surface area (Å²) < 4.78 is 0. The third-order valence-electron chi connectivity index (χ3n) is 5.94. The first-order valence-electron chi connectivity index (χ1n) is 10.2. The number of aromatic carboxylic acids is 2. The second kappa shape index (κ2) is 8.52. The van der Waals surface area contributed by atoms with Gasteiger partial charge in [0.15, 0.2) is 0 Å². The second-order valence-corrected chi connectivity index (χ2v) is 7.65. The molecular weight excluding hydrogens is 400 g/mol. The molecule has 4 aromatic carbocycles. The molecule has 2 aliphatic rings. The van der Waals surface area contributed by atoms with Crippen molar-refractivity contribution in [1.29, 1.82) is 0 Å². The number of rotatable bonds is 4. The van der Waals surface area contributed by atoms with E-state index in [0.717, 1.165) is 0 Å². The highest BCUT2D eigenvalue weighted by Gasteiger charge is 2.44. The predicted octanol–water partition coefficient (Wildman–Crippen LogP) is 5.77. The van der Waals surface area contributed by atoms with Gasteiger partial charge in [-0.1, -0.05) is 91.0 Å². The van der Waals surface area contributed by atoms with Crippen molar-refractivity contribution in [2.75, 3.05) is 0 Å². The minimum atomic E-state index is -1.11. The van der Waals surface area contributed by atoms with Gasteiger partial charge in [-0.25, -0.2) is 9.59 Å². The quantitative estimate of drug-likeness (QED) is 0.385. The molecular formula is C28H22O4. The van der Waals surface area contributed by atoms with E-state index in [1.165, 1.54) is 47.4 Å². The maximum atomic E-state index is 10.6. The highest BCUT2D eigenvalue weighted by molar-refractivity contribution is 5.96. The Hall–Kier alpha value is -4.18. The number of hydrogen-bond acceptors (Lipinski definition) is 2. The van der Waals surface area contributed by atoms with Gasteiger partial charge in [-0.3, -0.25) is 0 Å². The Kier molecular flexibility index (Phi) is 5.61. The van der Waals surface area contributed by atoms with Crippen LogP contribution in [0.2, 0.25) is 0 Å². The van der Waals surface area contributed by atoms with Crippen molar-refractivity contribution in [3.8, 4) is 0 Å². The van der Waals surface area contributed by atoms with Crippen LogP contribution in [-0.4, -0.2) is 22.2 Å². The molecule has 0 fully saturated rings. The summed E-state index contributed by atoms with van der Waals surface area (Å²) in [6, 6.07) is 34.6. The molecule has 0 radical (unpaired) electrons. The first-order valence-corrected chi connectivity index (χ1v) is 10.2. The zero-order chi connectivity index (χ0) is 22.7. The first-order chi connectivity index (χ1) is 15.5. The van der Waals surface area contributed by atoms with Crippen LogP contribution in [0.4, 0.5) is 0 Å². The van der Waals surface area contributed by atoms with Crippen molar-refractivity contribution >= 4 is 11.9 Å². The van der Waals surface area contributed by atoms with Gasteiger partial charge in [0.25, 0.3) is 0 Å². The maximum Gasteiger partial charge on any atom is 0.335 e. The number of carbonyl (C=O) groups is 2. The predicted molar refractivity (Wildman–Crippen MR) is 123 cm³/mol. The van der Waals surface area contributed by atoms with Gasteiger partial charge < -0.3 is 10.2 Å². The average Bonchev–Trinajstić information content (AvgIpc) is 2.81. The lowest BCUT2D eigenvalue weighted by atomic mass is 9.58. The molecule has 158 valence electrons. The Bertz CT molecular complexity index is 1180. The molecule has 2 bridgehead atoms. The lowest BCUT2D eigenvalue weighted by Crippen LogP contribution is -2.37. The molecule has 0 unspecified atom stereocenters. The van der Waals surface area contributed by atoms with Crippen LogP contribution in [0.3, 0.4) is 0 Å². The molecule has 0 spiro atoms. The van der Waals surface area contributed by atoms with Crippen LogP contribution in [-0.2, 0) is 5.41 Å². The van der Waals surface area contributed by atoms with E-state index in [4.69, 9.17) is 10.2 Å². The van der Waals surface area contributed by atoms with E-state index in [-0.39, 0.29) is 22.1 Å². The average molecular weight is 422 g/mol. The summed E-state index contributed by atoms with van der Waals surface area (Å²) >= 11 is 0. The topological polar surface area (TPSA) is 74.6 Å². The Morgan fingerprint density at radius 2 is 0.938 bits per heavy atom. The monoisotopic (exact) mass is 422 g/mol. The minimum Gasteiger partial charge on any atom is -0.478 e. The van der Waals surface area contributed by atoms with Gasteiger partial charge >= 0.3 is 11.9 Å². The Morgan fingerprint density at radius 1 is 0.562 bits per heavy atom. The number of fused-ring (bicyclic) bond motifs is 2. The van der Waals surface area contributed by atoms with Crippen LogP contribution in [0.1, 0.15) is 48.5 Å². The molecule has 0 atom stereocenters. The summed E-state index contributed by atoms with van der Waals surface area (Å²) in [5.74, 6) is -2.22. The standard InChI is InChI=1S/C19H14.C9H8O4/c1-3-8-15(9-4-1)19(16-10-5-2-6-11-16)17-12-7-13-18(19)14-17;1-5-6(8(10)11)3-2-4-7(5)9(12)13/h1-14H;2-4H,1H3,(H,10,11)(H,12,13). The summed E-state index contributed by atoms with van der Waals surface area (Å²) in [4.78, 5) is 21.2. The minimum absolute atomic E-state index is 0.0277. The highest BCUT2D eigenvalue weighted by atomic mass is 16.4. The van der Waals surface area contributed by atoms with E-state index < -0.39 is 11.9 Å². The van der Waals surface area contributed by atoms with Gasteiger partial charge in [0.1, 0.15) is 0 Å². The summed E-state index contributed by atoms with van der Waals surface area (Å²) in [5.41, 5.74) is 5.78. The third kappa shape index (κ3) is 3.46. The summed E-state index contributed by atoms with van der Waals surface area (Å²) in [7, 11) is 0. The molecule has 0 aliphatic heterocycles. The van der Waals surface area contributed by atoms with E-state index in [1.54, 1.807) is 0 Å². The van der Waals surface area contributed by atoms with Gasteiger partial charge in [-0.2, -0.15) is 0 Å². The maximum absolute atomic E-state index is 10.6. The van der Waals surface area contributed by atoms with Crippen molar-refractivity contribution < 1.29 is 19.8 Å². The summed E-state index contributed by atoms with van der Waals surface area (Å²) in [5, 5.41) is 17.4. The molecule has 6 rings (SSSR count). The zero-order valence-corrected chi connectivity index (χ0v) is 17.5. The fourth-order valence-corrected chi connectivity index (χ4v) is 4.38. The van der Waals surface area contributed by atoms with Crippen LogP contribution in [0.25, 0.3) is 0 Å². The Morgan fingerprint density at radius 3 is 1.31 bits per heavy atom. The van der Waals surface area contributed by atoms with E-state index >= 15 is 0 Å². The number of carboxylic acids is 2. The molecule has 32 heavy (non-hydrogen) atoms. The van der Waals surface area contributed by atoms with Crippen LogP contribution >= 0.6 is 0 Å². The molecule has 0 aromatic heterocycles. The SMILES string of the molecule is C1=CC2=CC(=C1)C2(c1ccccc1)c1ccccc1.Cc1c(C(=O)O)cccc1C(=O)O. The molecule has 0 heterocycles. The molecule has 0 amide bonds. The van der Waals surface area contributed by atoms with E-state index in [9.17, 15) is 9.59 Å². The summed E-state index contributed by atoms with van der Waals surface area (Å²) in [6.07, 6.45) is 0. The lowest BCUT2D eigenvalue weighted by Gasteiger charge is -2.43. The van der Waals surface area contributed by atoms with E-state index in [2.05, 4.69) is 84.9 Å². The van der Waals surface area contributed by atoms with Crippen LogP contribution in [0.5, 0.6) is 0 Å². The third-order valence-corrected chi connectivity index (χ3v) is 5.94. The van der Waals surface area contributed by atoms with Gasteiger partial charge in [0.2, 0.25) is 0 Å². The molecule has 0 saturated carbocycles. The molecule has 0 saturated heterocycles. The lowest BCUT2D eigenvalue weighted by molar-refractivity contribution is 0.0696. The van der Waals surface area contributed by atoms with Crippen molar-refractivity contribution in [1.82, 2.24) is 0 Å². The van der Waals surface area contributed by atoms with Gasteiger partial charge in [0.05, 0.1) is 16.5 Å². The van der Waals surface area contributed by atoms with E-state index in [1.807, 2.05) is 0 Å². The Balaban J connectivity index is 0.000000166. The van der Waals surface area contributed by atoms with E-state index in [0.29, 0.717) is 0 Å². The fourth-order valence-electron chi connectivity index (χ4n) is 4.38. The fraction of sp³-hybridized carbons (Fsp3) is 0.0714. The van der Waals surface area contributed by atoms with Crippen LogP contribution < -0.4 is 0 Å². The van der Waals surface area contributed by atoms with Crippen molar-refractivity contribution in [3.63, 3.8) is 0 Å². The number of hydrogen-bond donors (Lipinski definition) is 2. The number of benzene rings is 4. The Labute approximate surface area is 186 Å². The van der Waals surface area contributed by atoms with Crippen molar-refractivity contribution in [2.24, 2.45) is 0 Å². The van der Waals surface area contributed by atoms with Gasteiger partial charge in [-0.05, 0) is 46.9 Å². The van der Waals surface area contributed by atoms with Crippen LogP contribution in [0, 0.1) is 6.92 Å². The molecule has 2 N–H and O–H groups in total.